The standard InChI is InChI=1S/C11H12N2O3/c1-15-9-4-3-8(5-10(9)16-2)6-11(14)13-7-12/h3-5H,6H2,1-2H3,(H,13,14). The Balaban J connectivity index is 2.83. The SMILES string of the molecule is COc1ccc(CC(=O)NC#N)cc1OC. The van der Waals surface area contributed by atoms with E-state index in [-0.39, 0.29) is 12.3 Å². The third-order valence-corrected chi connectivity index (χ3v) is 2.01. The molecule has 0 aromatic heterocycles. The summed E-state index contributed by atoms with van der Waals surface area (Å²) in [5.41, 5.74) is 0.755. The molecular formula is C11H12N2O3. The maximum Gasteiger partial charge on any atom is 0.237 e. The summed E-state index contributed by atoms with van der Waals surface area (Å²) in [6.07, 6.45) is 1.72. The van der Waals surface area contributed by atoms with Gasteiger partial charge in [0.1, 0.15) is 0 Å². The van der Waals surface area contributed by atoms with Crippen molar-refractivity contribution in [3.8, 4) is 17.7 Å². The Morgan fingerprint density at radius 2 is 2.06 bits per heavy atom. The molecule has 0 unspecified atom stereocenters. The van der Waals surface area contributed by atoms with Crippen LogP contribution in [0.4, 0.5) is 0 Å². The first kappa shape index (κ1) is 11.9. The lowest BCUT2D eigenvalue weighted by Gasteiger charge is -2.08. The second kappa shape index (κ2) is 5.61. The molecule has 1 aromatic rings. The van der Waals surface area contributed by atoms with Gasteiger partial charge in [0.15, 0.2) is 17.7 Å². The maximum atomic E-state index is 11.2. The summed E-state index contributed by atoms with van der Waals surface area (Å²) in [6, 6.07) is 5.17. The number of methoxy groups -OCH3 is 2. The summed E-state index contributed by atoms with van der Waals surface area (Å²) in [7, 11) is 3.07. The first-order valence-corrected chi connectivity index (χ1v) is 4.60. The number of carbonyl (C=O) groups excluding carboxylic acids is 1. The molecule has 0 saturated heterocycles. The number of carbonyl (C=O) groups is 1. The van der Waals surface area contributed by atoms with Crippen molar-refractivity contribution in [2.45, 2.75) is 6.42 Å². The van der Waals surface area contributed by atoms with Crippen LogP contribution in [0.25, 0.3) is 0 Å². The van der Waals surface area contributed by atoms with Gasteiger partial charge in [0.2, 0.25) is 5.91 Å². The highest BCUT2D eigenvalue weighted by atomic mass is 16.5. The molecule has 0 aliphatic carbocycles. The molecule has 16 heavy (non-hydrogen) atoms. The number of benzene rings is 1. The number of nitrogens with zero attached hydrogens (tertiary/aromatic N) is 1. The van der Waals surface area contributed by atoms with E-state index in [4.69, 9.17) is 14.7 Å². The molecule has 1 N–H and O–H groups in total. The van der Waals surface area contributed by atoms with Crippen molar-refractivity contribution in [1.29, 1.82) is 5.26 Å². The van der Waals surface area contributed by atoms with Crippen molar-refractivity contribution < 1.29 is 14.3 Å². The van der Waals surface area contributed by atoms with Gasteiger partial charge in [0.05, 0.1) is 20.6 Å². The molecule has 0 spiro atoms. The number of ether oxygens (including phenoxy) is 2. The van der Waals surface area contributed by atoms with Gasteiger partial charge >= 0.3 is 0 Å². The van der Waals surface area contributed by atoms with E-state index in [1.165, 1.54) is 7.11 Å². The zero-order chi connectivity index (χ0) is 12.0. The number of hydrogen-bond donors (Lipinski definition) is 1. The van der Waals surface area contributed by atoms with E-state index in [1.807, 2.05) is 0 Å². The lowest BCUT2D eigenvalue weighted by Crippen LogP contribution is -2.19. The van der Waals surface area contributed by atoms with Gasteiger partial charge in [-0.3, -0.25) is 10.1 Å². The van der Waals surface area contributed by atoms with Crippen LogP contribution in [-0.2, 0) is 11.2 Å². The fraction of sp³-hybridized carbons (Fsp3) is 0.273. The van der Waals surface area contributed by atoms with Crippen LogP contribution in [0.5, 0.6) is 11.5 Å². The Labute approximate surface area is 93.6 Å². The van der Waals surface area contributed by atoms with Crippen LogP contribution in [0, 0.1) is 11.5 Å². The summed E-state index contributed by atoms with van der Waals surface area (Å²) < 4.78 is 10.2. The first-order chi connectivity index (χ1) is 7.71. The molecule has 1 rings (SSSR count). The number of nitriles is 1. The topological polar surface area (TPSA) is 71.3 Å². The fourth-order valence-corrected chi connectivity index (χ4v) is 1.28. The molecule has 0 atom stereocenters. The molecule has 0 aliphatic heterocycles. The van der Waals surface area contributed by atoms with E-state index in [0.717, 1.165) is 5.56 Å². The van der Waals surface area contributed by atoms with Gasteiger partial charge < -0.3 is 9.47 Å². The Morgan fingerprint density at radius 3 is 2.62 bits per heavy atom. The van der Waals surface area contributed by atoms with Gasteiger partial charge in [-0.1, -0.05) is 6.07 Å². The molecular weight excluding hydrogens is 208 g/mol. The zero-order valence-electron chi connectivity index (χ0n) is 9.11. The van der Waals surface area contributed by atoms with E-state index < -0.39 is 0 Å². The average Bonchev–Trinajstić information content (AvgIpc) is 2.29. The van der Waals surface area contributed by atoms with Gasteiger partial charge in [0, 0.05) is 0 Å². The Morgan fingerprint density at radius 1 is 1.38 bits per heavy atom. The average molecular weight is 220 g/mol. The second-order valence-corrected chi connectivity index (χ2v) is 3.03. The van der Waals surface area contributed by atoms with Crippen molar-refractivity contribution in [3.05, 3.63) is 23.8 Å². The molecule has 84 valence electrons. The molecule has 0 saturated carbocycles. The smallest absolute Gasteiger partial charge is 0.237 e. The van der Waals surface area contributed by atoms with Gasteiger partial charge in [-0.05, 0) is 17.7 Å². The molecule has 5 nitrogen and oxygen atoms in total. The summed E-state index contributed by atoms with van der Waals surface area (Å²) in [6.45, 7) is 0. The predicted molar refractivity (Wildman–Crippen MR) is 57.0 cm³/mol. The van der Waals surface area contributed by atoms with E-state index in [1.54, 1.807) is 31.5 Å². The molecule has 1 aromatic carbocycles. The van der Waals surface area contributed by atoms with Crippen molar-refractivity contribution in [1.82, 2.24) is 5.32 Å². The van der Waals surface area contributed by atoms with Crippen molar-refractivity contribution in [3.63, 3.8) is 0 Å². The molecule has 0 radical (unpaired) electrons. The molecule has 0 bridgehead atoms. The predicted octanol–water partition coefficient (Wildman–Crippen LogP) is 0.844. The summed E-state index contributed by atoms with van der Waals surface area (Å²) in [5, 5.41) is 10.3. The Kier molecular flexibility index (Phi) is 4.16. The zero-order valence-corrected chi connectivity index (χ0v) is 9.11. The normalized spacial score (nSPS) is 9.06. The fourth-order valence-electron chi connectivity index (χ4n) is 1.28. The quantitative estimate of drug-likeness (QED) is 0.603. The third-order valence-electron chi connectivity index (χ3n) is 2.01. The van der Waals surface area contributed by atoms with E-state index >= 15 is 0 Å². The highest BCUT2D eigenvalue weighted by molar-refractivity contribution is 5.80. The van der Waals surface area contributed by atoms with E-state index in [0.29, 0.717) is 11.5 Å². The minimum absolute atomic E-state index is 0.133. The van der Waals surface area contributed by atoms with Crippen LogP contribution in [0.3, 0.4) is 0 Å². The summed E-state index contributed by atoms with van der Waals surface area (Å²) >= 11 is 0. The van der Waals surface area contributed by atoms with Crippen LogP contribution in [0.2, 0.25) is 0 Å². The van der Waals surface area contributed by atoms with E-state index in [2.05, 4.69) is 5.32 Å². The van der Waals surface area contributed by atoms with Gasteiger partial charge in [-0.15, -0.1) is 0 Å². The van der Waals surface area contributed by atoms with Gasteiger partial charge in [-0.25, -0.2) is 0 Å². The van der Waals surface area contributed by atoms with Crippen molar-refractivity contribution in [2.75, 3.05) is 14.2 Å². The highest BCUT2D eigenvalue weighted by Crippen LogP contribution is 2.27. The Hall–Kier alpha value is -2.22. The second-order valence-electron chi connectivity index (χ2n) is 3.03. The minimum Gasteiger partial charge on any atom is -0.493 e. The van der Waals surface area contributed by atoms with Crippen LogP contribution in [0.1, 0.15) is 5.56 Å². The largest absolute Gasteiger partial charge is 0.493 e. The molecule has 0 aliphatic rings. The van der Waals surface area contributed by atoms with Gasteiger partial charge in [-0.2, -0.15) is 5.26 Å². The number of nitrogens with one attached hydrogen (secondary N) is 1. The summed E-state index contributed by atoms with van der Waals surface area (Å²) in [4.78, 5) is 11.2. The Bertz CT molecular complexity index is 424. The molecule has 0 heterocycles. The lowest BCUT2D eigenvalue weighted by atomic mass is 10.1. The number of rotatable bonds is 4. The number of hydrogen-bond acceptors (Lipinski definition) is 4. The van der Waals surface area contributed by atoms with Crippen LogP contribution < -0.4 is 14.8 Å². The summed E-state index contributed by atoms with van der Waals surface area (Å²) in [5.74, 6) is 0.811. The monoisotopic (exact) mass is 220 g/mol. The highest BCUT2D eigenvalue weighted by Gasteiger charge is 2.07. The maximum absolute atomic E-state index is 11.2. The third kappa shape index (κ3) is 2.89. The van der Waals surface area contributed by atoms with Crippen molar-refractivity contribution in [2.24, 2.45) is 0 Å². The number of amides is 1. The van der Waals surface area contributed by atoms with Gasteiger partial charge in [0.25, 0.3) is 0 Å². The molecule has 5 heteroatoms. The van der Waals surface area contributed by atoms with Crippen molar-refractivity contribution >= 4 is 5.91 Å². The van der Waals surface area contributed by atoms with Crippen LogP contribution in [0.15, 0.2) is 18.2 Å². The molecule has 0 fully saturated rings. The first-order valence-electron chi connectivity index (χ1n) is 4.60. The molecule has 1 amide bonds. The van der Waals surface area contributed by atoms with Crippen LogP contribution in [-0.4, -0.2) is 20.1 Å². The lowest BCUT2D eigenvalue weighted by molar-refractivity contribution is -0.119. The minimum atomic E-state index is -0.352. The van der Waals surface area contributed by atoms with Crippen LogP contribution >= 0.6 is 0 Å². The van der Waals surface area contributed by atoms with E-state index in [9.17, 15) is 4.79 Å².